The molecular formula is C14H19N3O2S. The lowest BCUT2D eigenvalue weighted by Crippen LogP contribution is -2.41. The third-order valence-electron chi connectivity index (χ3n) is 3.66. The van der Waals surface area contributed by atoms with E-state index in [1.54, 1.807) is 19.1 Å². The van der Waals surface area contributed by atoms with Gasteiger partial charge in [0, 0.05) is 19.1 Å². The largest absolute Gasteiger partial charge is 0.315 e. The zero-order chi connectivity index (χ0) is 14.8. The Bertz CT molecular complexity index is 628. The molecule has 0 aliphatic carbocycles. The summed E-state index contributed by atoms with van der Waals surface area (Å²) >= 11 is 0. The van der Waals surface area contributed by atoms with E-state index in [0.717, 1.165) is 13.0 Å². The van der Waals surface area contributed by atoms with Gasteiger partial charge in [0.2, 0.25) is 10.0 Å². The minimum Gasteiger partial charge on any atom is -0.315 e. The van der Waals surface area contributed by atoms with Gasteiger partial charge in [0.15, 0.2) is 0 Å². The molecular weight excluding hydrogens is 274 g/mol. The number of nitrogens with zero attached hydrogens (tertiary/aromatic N) is 2. The lowest BCUT2D eigenvalue weighted by atomic mass is 10.2. The number of nitrogens with one attached hydrogen (secondary N) is 1. The molecule has 1 aliphatic rings. The molecule has 0 aromatic heterocycles. The van der Waals surface area contributed by atoms with Crippen LogP contribution in [0.4, 0.5) is 0 Å². The molecule has 1 N–H and O–H groups in total. The summed E-state index contributed by atoms with van der Waals surface area (Å²) in [6.45, 7) is 5.57. The molecule has 5 nitrogen and oxygen atoms in total. The van der Waals surface area contributed by atoms with Gasteiger partial charge in [-0.3, -0.25) is 0 Å². The predicted octanol–water partition coefficient (Wildman–Crippen LogP) is 1.24. The van der Waals surface area contributed by atoms with Crippen LogP contribution in [0.3, 0.4) is 0 Å². The van der Waals surface area contributed by atoms with Crippen LogP contribution in [-0.2, 0) is 10.0 Å². The Morgan fingerprint density at radius 2 is 2.25 bits per heavy atom. The summed E-state index contributed by atoms with van der Waals surface area (Å²) in [5.74, 6) is 0. The maximum absolute atomic E-state index is 12.8. The van der Waals surface area contributed by atoms with Crippen LogP contribution in [-0.4, -0.2) is 38.4 Å². The third-order valence-corrected chi connectivity index (χ3v) is 5.83. The van der Waals surface area contributed by atoms with E-state index in [-0.39, 0.29) is 10.9 Å². The first kappa shape index (κ1) is 15.0. The van der Waals surface area contributed by atoms with Crippen molar-refractivity contribution in [1.82, 2.24) is 9.62 Å². The zero-order valence-electron chi connectivity index (χ0n) is 11.8. The molecule has 1 atom stereocenters. The van der Waals surface area contributed by atoms with E-state index >= 15 is 0 Å². The fourth-order valence-electron chi connectivity index (χ4n) is 2.58. The van der Waals surface area contributed by atoms with E-state index in [2.05, 4.69) is 5.32 Å². The van der Waals surface area contributed by atoms with Crippen molar-refractivity contribution in [3.63, 3.8) is 0 Å². The molecule has 1 aliphatic heterocycles. The van der Waals surface area contributed by atoms with Crippen molar-refractivity contribution in [2.24, 2.45) is 0 Å². The van der Waals surface area contributed by atoms with Crippen molar-refractivity contribution >= 4 is 10.0 Å². The molecule has 6 heteroatoms. The summed E-state index contributed by atoms with van der Waals surface area (Å²) in [6.07, 6.45) is 0.823. The molecule has 0 radical (unpaired) electrons. The lowest BCUT2D eigenvalue weighted by molar-refractivity contribution is 0.348. The Morgan fingerprint density at radius 3 is 2.80 bits per heavy atom. The van der Waals surface area contributed by atoms with Crippen molar-refractivity contribution in [2.45, 2.75) is 31.2 Å². The predicted molar refractivity (Wildman–Crippen MR) is 76.7 cm³/mol. The van der Waals surface area contributed by atoms with Crippen LogP contribution in [0, 0.1) is 18.3 Å². The van der Waals surface area contributed by atoms with Crippen molar-refractivity contribution < 1.29 is 8.42 Å². The molecule has 1 heterocycles. The summed E-state index contributed by atoms with van der Waals surface area (Å²) < 4.78 is 27.2. The minimum absolute atomic E-state index is 0.00450. The molecule has 1 aromatic carbocycles. The van der Waals surface area contributed by atoms with Gasteiger partial charge < -0.3 is 5.32 Å². The van der Waals surface area contributed by atoms with Crippen molar-refractivity contribution in [2.75, 3.05) is 19.6 Å². The van der Waals surface area contributed by atoms with E-state index in [0.29, 0.717) is 24.2 Å². The van der Waals surface area contributed by atoms with Gasteiger partial charge in [0.1, 0.15) is 0 Å². The minimum atomic E-state index is -3.56. The first-order valence-electron chi connectivity index (χ1n) is 6.74. The maximum atomic E-state index is 12.8. The number of aryl methyl sites for hydroxylation is 1. The Labute approximate surface area is 120 Å². The number of likely N-dealkylation sites (N-methyl/N-ethyl adjacent to an activating group) is 1. The molecule has 0 bridgehead atoms. The van der Waals surface area contributed by atoms with E-state index in [1.165, 1.54) is 10.4 Å². The smallest absolute Gasteiger partial charge is 0.243 e. The number of rotatable bonds is 4. The number of sulfonamides is 1. The number of benzene rings is 1. The summed E-state index contributed by atoms with van der Waals surface area (Å²) in [7, 11) is -3.56. The SMILES string of the molecule is CCN(C1CCNC1)S(=O)(=O)c1cc(C#N)ccc1C. The highest BCUT2D eigenvalue weighted by Crippen LogP contribution is 2.24. The zero-order valence-corrected chi connectivity index (χ0v) is 12.6. The van der Waals surface area contributed by atoms with Gasteiger partial charge in [-0.2, -0.15) is 9.57 Å². The van der Waals surface area contributed by atoms with Crippen molar-refractivity contribution in [3.8, 4) is 6.07 Å². The molecule has 108 valence electrons. The van der Waals surface area contributed by atoms with Crippen LogP contribution < -0.4 is 5.32 Å². The van der Waals surface area contributed by atoms with Crippen molar-refractivity contribution in [1.29, 1.82) is 5.26 Å². The molecule has 1 aromatic rings. The van der Waals surface area contributed by atoms with Gasteiger partial charge in [0.05, 0.1) is 16.5 Å². The van der Waals surface area contributed by atoms with Crippen LogP contribution in [0.25, 0.3) is 0 Å². The summed E-state index contributed by atoms with van der Waals surface area (Å²) in [5.41, 5.74) is 1.04. The second kappa shape index (κ2) is 5.92. The summed E-state index contributed by atoms with van der Waals surface area (Å²) in [5, 5.41) is 12.1. The van der Waals surface area contributed by atoms with Gasteiger partial charge in [-0.05, 0) is 37.6 Å². The van der Waals surface area contributed by atoms with Gasteiger partial charge in [-0.1, -0.05) is 13.0 Å². The van der Waals surface area contributed by atoms with Crippen LogP contribution in [0.2, 0.25) is 0 Å². The molecule has 0 spiro atoms. The average Bonchev–Trinajstić information content (AvgIpc) is 2.93. The molecule has 1 unspecified atom stereocenters. The maximum Gasteiger partial charge on any atom is 0.243 e. The van der Waals surface area contributed by atoms with Gasteiger partial charge in [-0.15, -0.1) is 0 Å². The fourth-order valence-corrected chi connectivity index (χ4v) is 4.50. The molecule has 0 amide bonds. The fraction of sp³-hybridized carbons (Fsp3) is 0.500. The second-order valence-corrected chi connectivity index (χ2v) is 6.81. The van der Waals surface area contributed by atoms with Gasteiger partial charge >= 0.3 is 0 Å². The van der Waals surface area contributed by atoms with E-state index in [4.69, 9.17) is 5.26 Å². The average molecular weight is 293 g/mol. The molecule has 2 rings (SSSR count). The first-order chi connectivity index (χ1) is 9.50. The first-order valence-corrected chi connectivity index (χ1v) is 8.18. The van der Waals surface area contributed by atoms with Gasteiger partial charge in [0.25, 0.3) is 0 Å². The Kier molecular flexibility index (Phi) is 4.43. The Balaban J connectivity index is 2.45. The normalized spacial score (nSPS) is 19.2. The number of nitriles is 1. The van der Waals surface area contributed by atoms with Crippen LogP contribution >= 0.6 is 0 Å². The molecule has 0 saturated carbocycles. The number of hydrogen-bond acceptors (Lipinski definition) is 4. The third kappa shape index (κ3) is 2.70. The molecule has 1 saturated heterocycles. The van der Waals surface area contributed by atoms with Crippen LogP contribution in [0.15, 0.2) is 23.1 Å². The quantitative estimate of drug-likeness (QED) is 0.906. The van der Waals surface area contributed by atoms with Crippen LogP contribution in [0.1, 0.15) is 24.5 Å². The summed E-state index contributed by atoms with van der Waals surface area (Å²) in [6, 6.07) is 6.79. The lowest BCUT2D eigenvalue weighted by Gasteiger charge is -2.27. The number of hydrogen-bond donors (Lipinski definition) is 1. The standard InChI is InChI=1S/C14H19N3O2S/c1-3-17(13-6-7-16-10-13)20(18,19)14-8-12(9-15)5-4-11(14)2/h4-5,8,13,16H,3,6-7,10H2,1-2H3. The highest BCUT2D eigenvalue weighted by Gasteiger charge is 2.32. The van der Waals surface area contributed by atoms with Crippen molar-refractivity contribution in [3.05, 3.63) is 29.3 Å². The second-order valence-electron chi connectivity index (χ2n) is 4.95. The Morgan fingerprint density at radius 1 is 1.50 bits per heavy atom. The molecule has 1 fully saturated rings. The molecule has 20 heavy (non-hydrogen) atoms. The van der Waals surface area contributed by atoms with E-state index < -0.39 is 10.0 Å². The highest BCUT2D eigenvalue weighted by atomic mass is 32.2. The van der Waals surface area contributed by atoms with E-state index in [1.807, 2.05) is 13.0 Å². The Hall–Kier alpha value is -1.42. The summed E-state index contributed by atoms with van der Waals surface area (Å²) in [4.78, 5) is 0.241. The van der Waals surface area contributed by atoms with E-state index in [9.17, 15) is 8.42 Å². The van der Waals surface area contributed by atoms with Gasteiger partial charge in [-0.25, -0.2) is 8.42 Å². The topological polar surface area (TPSA) is 73.2 Å². The highest BCUT2D eigenvalue weighted by molar-refractivity contribution is 7.89. The monoisotopic (exact) mass is 293 g/mol. The van der Waals surface area contributed by atoms with Crippen LogP contribution in [0.5, 0.6) is 0 Å².